The number of nitrogens with zero attached hydrogens (tertiary/aromatic N) is 1. The summed E-state index contributed by atoms with van der Waals surface area (Å²) in [7, 11) is -2.01. The molecular formula is C17H28N2O4S. The number of carbonyl (C=O) groups excluding carboxylic acids is 1. The van der Waals surface area contributed by atoms with Crippen LogP contribution in [0.5, 0.6) is 5.75 Å². The molecular weight excluding hydrogens is 328 g/mol. The van der Waals surface area contributed by atoms with Gasteiger partial charge in [0.2, 0.25) is 15.9 Å². The number of hydrogen-bond donors (Lipinski definition) is 1. The van der Waals surface area contributed by atoms with Crippen LogP contribution >= 0.6 is 0 Å². The Labute approximate surface area is 145 Å². The van der Waals surface area contributed by atoms with Crippen LogP contribution in [0.25, 0.3) is 0 Å². The fraction of sp³-hybridized carbons (Fsp3) is 0.588. The summed E-state index contributed by atoms with van der Waals surface area (Å²) in [5.41, 5.74) is 0.00954. The van der Waals surface area contributed by atoms with Gasteiger partial charge in [-0.1, -0.05) is 20.8 Å². The van der Waals surface area contributed by atoms with E-state index in [4.69, 9.17) is 4.74 Å². The lowest BCUT2D eigenvalue weighted by Gasteiger charge is -2.21. The lowest BCUT2D eigenvalue weighted by Crippen LogP contribution is -2.40. The van der Waals surface area contributed by atoms with E-state index in [0.29, 0.717) is 11.4 Å². The summed E-state index contributed by atoms with van der Waals surface area (Å²) in [5, 5.41) is 2.65. The largest absolute Gasteiger partial charge is 0.491 e. The number of anilines is 1. The van der Waals surface area contributed by atoms with Gasteiger partial charge in [0.15, 0.2) is 0 Å². The highest BCUT2D eigenvalue weighted by Crippen LogP contribution is 2.21. The summed E-state index contributed by atoms with van der Waals surface area (Å²) in [5.74, 6) is 0.364. The standard InChI is InChI=1S/C17H28N2O4S/c1-13(2)23-15-9-7-14(8-10-15)19(6)24(21,22)12-11-18-16(20)17(3,4)5/h7-10,13H,11-12H2,1-6H3,(H,18,20). The maximum absolute atomic E-state index is 12.4. The third kappa shape index (κ3) is 6.03. The van der Waals surface area contributed by atoms with Crippen LogP contribution in [0.2, 0.25) is 0 Å². The van der Waals surface area contributed by atoms with Crippen LogP contribution < -0.4 is 14.4 Å². The average Bonchev–Trinajstić information content (AvgIpc) is 2.45. The van der Waals surface area contributed by atoms with E-state index >= 15 is 0 Å². The fourth-order valence-corrected chi connectivity index (χ4v) is 2.94. The van der Waals surface area contributed by atoms with Gasteiger partial charge in [0.1, 0.15) is 5.75 Å². The molecule has 0 aliphatic heterocycles. The maximum Gasteiger partial charge on any atom is 0.236 e. The topological polar surface area (TPSA) is 75.7 Å². The third-order valence-corrected chi connectivity index (χ3v) is 5.08. The van der Waals surface area contributed by atoms with Crippen molar-refractivity contribution in [3.05, 3.63) is 24.3 Å². The summed E-state index contributed by atoms with van der Waals surface area (Å²) >= 11 is 0. The molecule has 6 nitrogen and oxygen atoms in total. The van der Waals surface area contributed by atoms with Crippen LogP contribution in [-0.2, 0) is 14.8 Å². The first-order valence-corrected chi connectivity index (χ1v) is 9.56. The molecule has 1 rings (SSSR count). The zero-order valence-corrected chi connectivity index (χ0v) is 16.1. The Balaban J connectivity index is 2.68. The van der Waals surface area contributed by atoms with Crippen LogP contribution in [-0.4, -0.2) is 39.8 Å². The number of nitrogens with one attached hydrogen (secondary N) is 1. The number of sulfonamides is 1. The molecule has 0 saturated carbocycles. The first-order chi connectivity index (χ1) is 10.9. The average molecular weight is 356 g/mol. The molecule has 0 spiro atoms. The highest BCUT2D eigenvalue weighted by Gasteiger charge is 2.23. The second-order valence-corrected chi connectivity index (χ2v) is 9.07. The predicted octanol–water partition coefficient (Wildman–Crippen LogP) is 2.40. The molecule has 0 saturated heterocycles. The Morgan fingerprint density at radius 1 is 1.21 bits per heavy atom. The predicted molar refractivity (Wildman–Crippen MR) is 96.9 cm³/mol. The summed E-state index contributed by atoms with van der Waals surface area (Å²) in [4.78, 5) is 11.8. The van der Waals surface area contributed by atoms with Gasteiger partial charge >= 0.3 is 0 Å². The lowest BCUT2D eigenvalue weighted by molar-refractivity contribution is -0.128. The van der Waals surface area contributed by atoms with Gasteiger partial charge in [0, 0.05) is 19.0 Å². The van der Waals surface area contributed by atoms with Gasteiger partial charge < -0.3 is 10.1 Å². The van der Waals surface area contributed by atoms with E-state index < -0.39 is 15.4 Å². The van der Waals surface area contributed by atoms with Crippen LogP contribution in [0.3, 0.4) is 0 Å². The number of ether oxygens (including phenoxy) is 1. The Morgan fingerprint density at radius 3 is 2.21 bits per heavy atom. The number of benzene rings is 1. The molecule has 0 fully saturated rings. The number of rotatable bonds is 7. The van der Waals surface area contributed by atoms with E-state index in [0.717, 1.165) is 0 Å². The molecule has 0 heterocycles. The quantitative estimate of drug-likeness (QED) is 0.814. The maximum atomic E-state index is 12.4. The molecule has 1 aromatic carbocycles. The molecule has 0 radical (unpaired) electrons. The molecule has 24 heavy (non-hydrogen) atoms. The minimum atomic E-state index is -3.51. The first-order valence-electron chi connectivity index (χ1n) is 7.95. The Morgan fingerprint density at radius 2 is 1.75 bits per heavy atom. The van der Waals surface area contributed by atoms with Gasteiger partial charge in [0.05, 0.1) is 17.5 Å². The van der Waals surface area contributed by atoms with E-state index in [2.05, 4.69) is 5.32 Å². The number of hydrogen-bond acceptors (Lipinski definition) is 4. The first kappa shape index (κ1) is 20.3. The SMILES string of the molecule is CC(C)Oc1ccc(N(C)S(=O)(=O)CCNC(=O)C(C)(C)C)cc1. The summed E-state index contributed by atoms with van der Waals surface area (Å²) in [6.07, 6.45) is 0.0590. The Bertz CT molecular complexity index is 646. The Kier molecular flexibility index (Phi) is 6.66. The van der Waals surface area contributed by atoms with Gasteiger partial charge in [-0.25, -0.2) is 8.42 Å². The molecule has 0 atom stereocenters. The van der Waals surface area contributed by atoms with Gasteiger partial charge in [-0.2, -0.15) is 0 Å². The minimum absolute atomic E-state index is 0.0590. The zero-order valence-electron chi connectivity index (χ0n) is 15.3. The summed E-state index contributed by atoms with van der Waals surface area (Å²) < 4.78 is 31.5. The van der Waals surface area contributed by atoms with Crippen molar-refractivity contribution in [1.29, 1.82) is 0 Å². The normalized spacial score (nSPS) is 12.1. The molecule has 0 aliphatic rings. The van der Waals surface area contributed by atoms with Crippen molar-refractivity contribution >= 4 is 21.6 Å². The monoisotopic (exact) mass is 356 g/mol. The molecule has 7 heteroatoms. The van der Waals surface area contributed by atoms with Crippen molar-refractivity contribution in [3.63, 3.8) is 0 Å². The van der Waals surface area contributed by atoms with E-state index in [9.17, 15) is 13.2 Å². The van der Waals surface area contributed by atoms with Crippen molar-refractivity contribution in [2.45, 2.75) is 40.7 Å². The third-order valence-electron chi connectivity index (χ3n) is 3.32. The van der Waals surface area contributed by atoms with Crippen molar-refractivity contribution in [2.24, 2.45) is 5.41 Å². The van der Waals surface area contributed by atoms with Crippen LogP contribution in [0, 0.1) is 5.41 Å². The van der Waals surface area contributed by atoms with E-state index in [1.54, 1.807) is 45.0 Å². The van der Waals surface area contributed by atoms with Crippen LogP contribution in [0.15, 0.2) is 24.3 Å². The molecule has 1 N–H and O–H groups in total. The molecule has 1 aromatic rings. The van der Waals surface area contributed by atoms with Crippen molar-refractivity contribution in [2.75, 3.05) is 23.7 Å². The van der Waals surface area contributed by atoms with Crippen molar-refractivity contribution in [3.8, 4) is 5.75 Å². The lowest BCUT2D eigenvalue weighted by atomic mass is 9.96. The fourth-order valence-electron chi connectivity index (χ4n) is 1.86. The second kappa shape index (κ2) is 7.88. The highest BCUT2D eigenvalue weighted by molar-refractivity contribution is 7.92. The molecule has 1 amide bonds. The van der Waals surface area contributed by atoms with Crippen LogP contribution in [0.1, 0.15) is 34.6 Å². The molecule has 0 aromatic heterocycles. The summed E-state index contributed by atoms with van der Waals surface area (Å²) in [6, 6.07) is 6.87. The molecule has 0 aliphatic carbocycles. The van der Waals surface area contributed by atoms with Crippen molar-refractivity contribution in [1.82, 2.24) is 5.32 Å². The summed E-state index contributed by atoms with van der Waals surface area (Å²) in [6.45, 7) is 9.28. The number of carbonyl (C=O) groups is 1. The molecule has 136 valence electrons. The zero-order chi connectivity index (χ0) is 18.5. The smallest absolute Gasteiger partial charge is 0.236 e. The molecule has 0 unspecified atom stereocenters. The van der Waals surface area contributed by atoms with Gasteiger partial charge in [-0.15, -0.1) is 0 Å². The Hall–Kier alpha value is -1.76. The molecule has 0 bridgehead atoms. The van der Waals surface area contributed by atoms with E-state index in [-0.39, 0.29) is 24.3 Å². The van der Waals surface area contributed by atoms with E-state index in [1.807, 2.05) is 13.8 Å². The number of amides is 1. The van der Waals surface area contributed by atoms with Crippen LogP contribution in [0.4, 0.5) is 5.69 Å². The highest BCUT2D eigenvalue weighted by atomic mass is 32.2. The van der Waals surface area contributed by atoms with Crippen molar-refractivity contribution < 1.29 is 17.9 Å². The van der Waals surface area contributed by atoms with Gasteiger partial charge in [-0.05, 0) is 38.1 Å². The van der Waals surface area contributed by atoms with Gasteiger partial charge in [-0.3, -0.25) is 9.10 Å². The minimum Gasteiger partial charge on any atom is -0.491 e. The van der Waals surface area contributed by atoms with E-state index in [1.165, 1.54) is 11.4 Å². The second-order valence-electron chi connectivity index (χ2n) is 6.95. The van der Waals surface area contributed by atoms with Gasteiger partial charge in [0.25, 0.3) is 0 Å².